The second-order valence-corrected chi connectivity index (χ2v) is 8.37. The molecular formula is C18H32N4O3. The molecule has 4 amide bonds. The number of rotatable bonds is 6. The number of hydrogen-bond acceptors (Lipinski definition) is 4. The molecule has 0 radical (unpaired) electrons. The van der Waals surface area contributed by atoms with Crippen LogP contribution in [0.25, 0.3) is 0 Å². The zero-order valence-electron chi connectivity index (χ0n) is 15.9. The minimum Gasteiger partial charge on any atom is -0.344 e. The smallest absolute Gasteiger partial charge is 0.325 e. The lowest BCUT2D eigenvalue weighted by atomic mass is 9.75. The number of carbonyl (C=O) groups excluding carboxylic acids is 3. The second kappa shape index (κ2) is 7.32. The van der Waals surface area contributed by atoms with Gasteiger partial charge in [0.05, 0.1) is 0 Å². The lowest BCUT2D eigenvalue weighted by molar-refractivity contribution is -0.139. The molecule has 1 saturated carbocycles. The maximum atomic E-state index is 12.8. The molecule has 1 spiro atoms. The summed E-state index contributed by atoms with van der Waals surface area (Å²) in [4.78, 5) is 40.2. The van der Waals surface area contributed by atoms with E-state index in [0.717, 1.165) is 24.2 Å². The van der Waals surface area contributed by atoms with Gasteiger partial charge in [0.2, 0.25) is 5.91 Å². The molecule has 2 aliphatic rings. The van der Waals surface area contributed by atoms with Crippen LogP contribution >= 0.6 is 0 Å². The molecule has 0 aromatic heterocycles. The fourth-order valence-electron chi connectivity index (χ4n) is 3.79. The molecule has 1 aliphatic heterocycles. The molecular weight excluding hydrogens is 320 g/mol. The minimum absolute atomic E-state index is 0.207. The summed E-state index contributed by atoms with van der Waals surface area (Å²) in [5, 5.41) is 2.86. The third-order valence-corrected chi connectivity index (χ3v) is 5.72. The van der Waals surface area contributed by atoms with Gasteiger partial charge < -0.3 is 16.0 Å². The zero-order valence-corrected chi connectivity index (χ0v) is 15.9. The highest BCUT2D eigenvalue weighted by atomic mass is 16.2. The Morgan fingerprint density at radius 1 is 1.36 bits per heavy atom. The normalized spacial score (nSPS) is 26.9. The molecule has 1 heterocycles. The average Bonchev–Trinajstić information content (AvgIpc) is 2.79. The maximum absolute atomic E-state index is 12.8. The number of nitrogens with two attached hydrogens (primary N) is 1. The second-order valence-electron chi connectivity index (χ2n) is 8.37. The maximum Gasteiger partial charge on any atom is 0.325 e. The fourth-order valence-corrected chi connectivity index (χ4v) is 3.79. The van der Waals surface area contributed by atoms with Gasteiger partial charge in [-0.3, -0.25) is 14.5 Å². The molecule has 1 saturated heterocycles. The van der Waals surface area contributed by atoms with E-state index in [1.165, 1.54) is 0 Å². The van der Waals surface area contributed by atoms with Gasteiger partial charge in [-0.15, -0.1) is 0 Å². The largest absolute Gasteiger partial charge is 0.344 e. The molecule has 0 aromatic rings. The summed E-state index contributed by atoms with van der Waals surface area (Å²) in [5.74, 6) is 0.131. The third-order valence-electron chi connectivity index (χ3n) is 5.72. The summed E-state index contributed by atoms with van der Waals surface area (Å²) in [5.41, 5.74) is 4.71. The van der Waals surface area contributed by atoms with Gasteiger partial charge in [0.25, 0.3) is 5.91 Å². The number of carbonyl (C=O) groups is 3. The van der Waals surface area contributed by atoms with Crippen molar-refractivity contribution >= 4 is 17.8 Å². The van der Waals surface area contributed by atoms with E-state index in [0.29, 0.717) is 31.8 Å². The Balaban J connectivity index is 2.00. The first-order valence-corrected chi connectivity index (χ1v) is 9.22. The molecule has 142 valence electrons. The molecule has 0 aromatic carbocycles. The summed E-state index contributed by atoms with van der Waals surface area (Å²) < 4.78 is 0. The van der Waals surface area contributed by atoms with Gasteiger partial charge in [-0.25, -0.2) is 4.79 Å². The minimum atomic E-state index is -0.794. The van der Waals surface area contributed by atoms with E-state index in [1.54, 1.807) is 11.9 Å². The molecule has 25 heavy (non-hydrogen) atoms. The Hall–Kier alpha value is -1.63. The zero-order chi connectivity index (χ0) is 18.8. The van der Waals surface area contributed by atoms with Gasteiger partial charge in [0, 0.05) is 13.6 Å². The van der Waals surface area contributed by atoms with E-state index in [1.807, 2.05) is 13.8 Å². The van der Waals surface area contributed by atoms with Gasteiger partial charge in [0.1, 0.15) is 12.1 Å². The summed E-state index contributed by atoms with van der Waals surface area (Å²) >= 11 is 0. The number of hydrogen-bond donors (Lipinski definition) is 2. The molecule has 0 bridgehead atoms. The molecule has 7 nitrogen and oxygen atoms in total. The standard InChI is InChI=1S/C18H32N4O3/c1-5-13-6-8-18(9-7-13)15(24)22(16(25)20-18)10-14(23)21(4)12-17(2,3)11-19/h13H,5-12,19H2,1-4H3,(H,20,25). The molecule has 2 rings (SSSR count). The summed E-state index contributed by atoms with van der Waals surface area (Å²) in [6.45, 7) is 6.84. The number of nitrogens with one attached hydrogen (secondary N) is 1. The molecule has 3 N–H and O–H groups in total. The van der Waals surface area contributed by atoms with E-state index >= 15 is 0 Å². The molecule has 0 unspecified atom stereocenters. The van der Waals surface area contributed by atoms with Crippen molar-refractivity contribution in [2.45, 2.75) is 58.4 Å². The highest BCUT2D eigenvalue weighted by Gasteiger charge is 2.52. The van der Waals surface area contributed by atoms with Crippen LogP contribution < -0.4 is 11.1 Å². The average molecular weight is 352 g/mol. The summed E-state index contributed by atoms with van der Waals surface area (Å²) in [7, 11) is 1.68. The topological polar surface area (TPSA) is 95.7 Å². The first-order valence-electron chi connectivity index (χ1n) is 9.22. The van der Waals surface area contributed by atoms with Crippen molar-refractivity contribution in [3.05, 3.63) is 0 Å². The summed E-state index contributed by atoms with van der Waals surface area (Å²) in [6.07, 6.45) is 4.31. The van der Waals surface area contributed by atoms with Gasteiger partial charge in [-0.1, -0.05) is 27.2 Å². The van der Waals surface area contributed by atoms with E-state index in [2.05, 4.69) is 12.2 Å². The number of nitrogens with zero attached hydrogens (tertiary/aromatic N) is 2. The Morgan fingerprint density at radius 2 is 1.96 bits per heavy atom. The van der Waals surface area contributed by atoms with Gasteiger partial charge in [-0.2, -0.15) is 0 Å². The van der Waals surface area contributed by atoms with Crippen molar-refractivity contribution in [1.82, 2.24) is 15.1 Å². The first kappa shape index (κ1) is 19.7. The molecule has 7 heteroatoms. The number of urea groups is 1. The third kappa shape index (κ3) is 4.14. The van der Waals surface area contributed by atoms with Crippen LogP contribution in [0.2, 0.25) is 0 Å². The van der Waals surface area contributed by atoms with Crippen LogP contribution in [0, 0.1) is 11.3 Å². The monoisotopic (exact) mass is 352 g/mol. The van der Waals surface area contributed by atoms with Crippen molar-refractivity contribution in [3.8, 4) is 0 Å². The van der Waals surface area contributed by atoms with Gasteiger partial charge >= 0.3 is 6.03 Å². The Kier molecular flexibility index (Phi) is 5.76. The van der Waals surface area contributed by atoms with E-state index < -0.39 is 11.6 Å². The van der Waals surface area contributed by atoms with Crippen molar-refractivity contribution < 1.29 is 14.4 Å². The van der Waals surface area contributed by atoms with Crippen LogP contribution in [0.15, 0.2) is 0 Å². The van der Waals surface area contributed by atoms with Crippen LogP contribution in [0.3, 0.4) is 0 Å². The first-order chi connectivity index (χ1) is 11.6. The van der Waals surface area contributed by atoms with Crippen LogP contribution in [-0.2, 0) is 9.59 Å². The highest BCUT2D eigenvalue weighted by Crippen LogP contribution is 2.37. The number of likely N-dealkylation sites (N-methyl/N-ethyl adjacent to an activating group) is 1. The Morgan fingerprint density at radius 3 is 2.48 bits per heavy atom. The van der Waals surface area contributed by atoms with Crippen LogP contribution in [0.4, 0.5) is 4.79 Å². The van der Waals surface area contributed by atoms with Crippen LogP contribution in [0.1, 0.15) is 52.9 Å². The van der Waals surface area contributed by atoms with Crippen LogP contribution in [0.5, 0.6) is 0 Å². The van der Waals surface area contributed by atoms with E-state index in [4.69, 9.17) is 5.73 Å². The summed E-state index contributed by atoms with van der Waals surface area (Å²) in [6, 6.07) is -0.445. The number of imide groups is 1. The predicted octanol–water partition coefficient (Wildman–Crippen LogP) is 1.32. The lowest BCUT2D eigenvalue weighted by Crippen LogP contribution is -2.50. The predicted molar refractivity (Wildman–Crippen MR) is 95.7 cm³/mol. The van der Waals surface area contributed by atoms with Gasteiger partial charge in [-0.05, 0) is 43.6 Å². The van der Waals surface area contributed by atoms with Crippen molar-refractivity contribution in [2.24, 2.45) is 17.1 Å². The molecule has 2 fully saturated rings. The van der Waals surface area contributed by atoms with Crippen molar-refractivity contribution in [1.29, 1.82) is 0 Å². The van der Waals surface area contributed by atoms with E-state index in [-0.39, 0.29) is 23.8 Å². The Bertz CT molecular complexity index is 538. The molecule has 1 aliphatic carbocycles. The lowest BCUT2D eigenvalue weighted by Gasteiger charge is -2.34. The SMILES string of the molecule is CCC1CCC2(CC1)NC(=O)N(CC(=O)N(C)CC(C)(C)CN)C2=O. The highest BCUT2D eigenvalue weighted by molar-refractivity contribution is 6.09. The fraction of sp³-hybridized carbons (Fsp3) is 0.833. The van der Waals surface area contributed by atoms with Crippen molar-refractivity contribution in [3.63, 3.8) is 0 Å². The molecule has 0 atom stereocenters. The van der Waals surface area contributed by atoms with Crippen molar-refractivity contribution in [2.75, 3.05) is 26.7 Å². The Labute approximate surface area is 150 Å². The quantitative estimate of drug-likeness (QED) is 0.705. The van der Waals surface area contributed by atoms with Gasteiger partial charge in [0.15, 0.2) is 0 Å². The van der Waals surface area contributed by atoms with Crippen LogP contribution in [-0.4, -0.2) is 59.9 Å². The number of amides is 4. The van der Waals surface area contributed by atoms with E-state index in [9.17, 15) is 14.4 Å².